The number of benzene rings is 3. The van der Waals surface area contributed by atoms with E-state index in [4.69, 9.17) is 5.10 Å². The third-order valence-corrected chi connectivity index (χ3v) is 5.26. The van der Waals surface area contributed by atoms with Crippen LogP contribution in [0.4, 0.5) is 5.69 Å². The second-order valence-electron chi connectivity index (χ2n) is 7.74. The van der Waals surface area contributed by atoms with Crippen LogP contribution in [0, 0.1) is 0 Å². The van der Waals surface area contributed by atoms with Gasteiger partial charge in [0.1, 0.15) is 6.54 Å². The summed E-state index contributed by atoms with van der Waals surface area (Å²) >= 11 is 0. The second kappa shape index (κ2) is 11.4. The lowest BCUT2D eigenvalue weighted by Crippen LogP contribution is -2.30. The fourth-order valence-electron chi connectivity index (χ4n) is 3.42. The lowest BCUT2D eigenvalue weighted by Gasteiger charge is -2.06. The van der Waals surface area contributed by atoms with E-state index in [9.17, 15) is 14.4 Å². The standard InChI is InChI=1S/C28H24N4O4/c1-36-26(34)18-29-28(35)21-12-15-23(16-13-21)30-25(33)17-14-22-19-32(24-10-6-3-7-11-24)31-27(22)20-8-4-2-5-9-20/h2-17,19H,18H2,1H3,(H,29,35)(H,30,33)/b17-14+. The van der Waals surface area contributed by atoms with Crippen LogP contribution in [-0.4, -0.2) is 41.2 Å². The van der Waals surface area contributed by atoms with E-state index < -0.39 is 11.9 Å². The van der Waals surface area contributed by atoms with E-state index in [1.807, 2.05) is 66.9 Å². The van der Waals surface area contributed by atoms with Crippen LogP contribution in [0.15, 0.2) is 97.2 Å². The molecule has 0 aliphatic carbocycles. The van der Waals surface area contributed by atoms with E-state index >= 15 is 0 Å². The van der Waals surface area contributed by atoms with Gasteiger partial charge in [-0.05, 0) is 42.5 Å². The van der Waals surface area contributed by atoms with Crippen molar-refractivity contribution < 1.29 is 19.1 Å². The summed E-state index contributed by atoms with van der Waals surface area (Å²) in [6, 6.07) is 25.8. The monoisotopic (exact) mass is 480 g/mol. The van der Waals surface area contributed by atoms with Crippen molar-refractivity contribution in [3.8, 4) is 16.9 Å². The number of rotatable bonds is 8. The average Bonchev–Trinajstić information content (AvgIpc) is 3.36. The Morgan fingerprint density at radius 3 is 2.25 bits per heavy atom. The van der Waals surface area contributed by atoms with Gasteiger partial charge in [-0.1, -0.05) is 48.5 Å². The van der Waals surface area contributed by atoms with Crippen LogP contribution in [0.3, 0.4) is 0 Å². The maximum Gasteiger partial charge on any atom is 0.325 e. The molecular weight excluding hydrogens is 456 g/mol. The molecule has 0 aliphatic rings. The number of nitrogens with zero attached hydrogens (tertiary/aromatic N) is 2. The molecule has 0 unspecified atom stereocenters. The van der Waals surface area contributed by atoms with E-state index in [1.165, 1.54) is 13.2 Å². The number of carbonyl (C=O) groups is 3. The Bertz CT molecular complexity index is 1380. The summed E-state index contributed by atoms with van der Waals surface area (Å²) in [5.74, 6) is -1.28. The first-order valence-corrected chi connectivity index (χ1v) is 11.2. The van der Waals surface area contributed by atoms with Crippen molar-refractivity contribution in [1.82, 2.24) is 15.1 Å². The number of anilines is 1. The SMILES string of the molecule is COC(=O)CNC(=O)c1ccc(NC(=O)/C=C/c2cn(-c3ccccc3)nc2-c2ccccc2)cc1. The Kier molecular flexibility index (Phi) is 7.67. The van der Waals surface area contributed by atoms with Gasteiger partial charge in [0.15, 0.2) is 0 Å². The molecule has 2 amide bonds. The van der Waals surface area contributed by atoms with E-state index in [0.29, 0.717) is 11.3 Å². The number of nitrogens with one attached hydrogen (secondary N) is 2. The van der Waals surface area contributed by atoms with Crippen molar-refractivity contribution in [2.75, 3.05) is 19.0 Å². The topological polar surface area (TPSA) is 102 Å². The molecule has 0 radical (unpaired) electrons. The zero-order chi connectivity index (χ0) is 25.3. The number of para-hydroxylation sites is 1. The molecule has 1 aromatic heterocycles. The molecule has 180 valence electrons. The van der Waals surface area contributed by atoms with Crippen molar-refractivity contribution in [3.05, 3.63) is 108 Å². The molecule has 8 nitrogen and oxygen atoms in total. The van der Waals surface area contributed by atoms with E-state index in [1.54, 1.807) is 35.0 Å². The van der Waals surface area contributed by atoms with Gasteiger partial charge in [0.2, 0.25) is 5.91 Å². The summed E-state index contributed by atoms with van der Waals surface area (Å²) in [5, 5.41) is 9.97. The fourth-order valence-corrected chi connectivity index (χ4v) is 3.42. The van der Waals surface area contributed by atoms with Crippen LogP contribution in [0.25, 0.3) is 23.0 Å². The molecule has 0 saturated heterocycles. The van der Waals surface area contributed by atoms with Gasteiger partial charge >= 0.3 is 5.97 Å². The van der Waals surface area contributed by atoms with Gasteiger partial charge in [0, 0.05) is 34.7 Å². The molecule has 0 aliphatic heterocycles. The smallest absolute Gasteiger partial charge is 0.325 e. The summed E-state index contributed by atoms with van der Waals surface area (Å²) in [6.07, 6.45) is 5.04. The summed E-state index contributed by atoms with van der Waals surface area (Å²) < 4.78 is 6.28. The molecule has 0 atom stereocenters. The lowest BCUT2D eigenvalue weighted by molar-refractivity contribution is -0.139. The minimum atomic E-state index is -0.538. The highest BCUT2D eigenvalue weighted by molar-refractivity contribution is 6.03. The van der Waals surface area contributed by atoms with Gasteiger partial charge < -0.3 is 15.4 Å². The van der Waals surface area contributed by atoms with Crippen molar-refractivity contribution in [1.29, 1.82) is 0 Å². The number of carbonyl (C=O) groups excluding carboxylic acids is 3. The number of amides is 2. The van der Waals surface area contributed by atoms with E-state index in [0.717, 1.165) is 22.5 Å². The molecule has 0 spiro atoms. The quantitative estimate of drug-likeness (QED) is 0.292. The number of hydrogen-bond donors (Lipinski definition) is 2. The Morgan fingerprint density at radius 1 is 0.917 bits per heavy atom. The number of aromatic nitrogens is 2. The minimum absolute atomic E-state index is 0.218. The highest BCUT2D eigenvalue weighted by Crippen LogP contribution is 2.24. The molecular formula is C28H24N4O4. The third-order valence-electron chi connectivity index (χ3n) is 5.26. The first-order valence-electron chi connectivity index (χ1n) is 11.2. The second-order valence-corrected chi connectivity index (χ2v) is 7.74. The molecule has 2 N–H and O–H groups in total. The molecule has 4 rings (SSSR count). The summed E-state index contributed by atoms with van der Waals surface area (Å²) in [7, 11) is 1.25. The van der Waals surface area contributed by atoms with E-state index in [2.05, 4.69) is 15.4 Å². The molecule has 0 bridgehead atoms. The zero-order valence-electron chi connectivity index (χ0n) is 19.5. The maximum atomic E-state index is 12.6. The molecule has 8 heteroatoms. The predicted molar refractivity (Wildman–Crippen MR) is 137 cm³/mol. The first-order chi connectivity index (χ1) is 17.5. The molecule has 0 fully saturated rings. The van der Waals surface area contributed by atoms with Crippen molar-refractivity contribution >= 4 is 29.5 Å². The Hall–Kier alpha value is -4.98. The normalized spacial score (nSPS) is 10.7. The Morgan fingerprint density at radius 2 is 1.58 bits per heavy atom. The maximum absolute atomic E-state index is 12.6. The van der Waals surface area contributed by atoms with E-state index in [-0.39, 0.29) is 12.5 Å². The van der Waals surface area contributed by atoms with Gasteiger partial charge in [-0.3, -0.25) is 14.4 Å². The molecule has 36 heavy (non-hydrogen) atoms. The van der Waals surface area contributed by atoms with Gasteiger partial charge in [-0.15, -0.1) is 0 Å². The molecule has 0 saturated carbocycles. The van der Waals surface area contributed by atoms with Crippen LogP contribution in [0.1, 0.15) is 15.9 Å². The predicted octanol–water partition coefficient (Wildman–Crippen LogP) is 4.09. The first kappa shape index (κ1) is 24.2. The number of esters is 1. The van der Waals surface area contributed by atoms with Gasteiger partial charge in [-0.2, -0.15) is 5.10 Å². The van der Waals surface area contributed by atoms with Crippen molar-refractivity contribution in [3.63, 3.8) is 0 Å². The van der Waals surface area contributed by atoms with Crippen LogP contribution < -0.4 is 10.6 Å². The van der Waals surface area contributed by atoms with Crippen molar-refractivity contribution in [2.45, 2.75) is 0 Å². The molecule has 3 aromatic carbocycles. The van der Waals surface area contributed by atoms with Crippen molar-refractivity contribution in [2.24, 2.45) is 0 Å². The lowest BCUT2D eigenvalue weighted by atomic mass is 10.1. The largest absolute Gasteiger partial charge is 0.468 e. The highest BCUT2D eigenvalue weighted by atomic mass is 16.5. The van der Waals surface area contributed by atoms with Gasteiger partial charge in [-0.25, -0.2) is 4.68 Å². The Balaban J connectivity index is 1.47. The summed E-state index contributed by atoms with van der Waals surface area (Å²) in [5.41, 5.74) is 4.28. The highest BCUT2D eigenvalue weighted by Gasteiger charge is 2.11. The van der Waals surface area contributed by atoms with Crippen LogP contribution in [-0.2, 0) is 14.3 Å². The van der Waals surface area contributed by atoms with Crippen LogP contribution >= 0.6 is 0 Å². The summed E-state index contributed by atoms with van der Waals surface area (Å²) in [6.45, 7) is -0.218. The van der Waals surface area contributed by atoms with Gasteiger partial charge in [0.25, 0.3) is 5.91 Å². The number of methoxy groups -OCH3 is 1. The minimum Gasteiger partial charge on any atom is -0.468 e. The third kappa shape index (κ3) is 6.12. The molecule has 4 aromatic rings. The molecule has 1 heterocycles. The average molecular weight is 481 g/mol. The van der Waals surface area contributed by atoms with Crippen LogP contribution in [0.5, 0.6) is 0 Å². The zero-order valence-corrected chi connectivity index (χ0v) is 19.5. The summed E-state index contributed by atoms with van der Waals surface area (Å²) in [4.78, 5) is 35.8. The Labute approximate surface area is 208 Å². The number of hydrogen-bond acceptors (Lipinski definition) is 5. The van der Waals surface area contributed by atoms with Crippen LogP contribution in [0.2, 0.25) is 0 Å². The van der Waals surface area contributed by atoms with Gasteiger partial charge in [0.05, 0.1) is 18.5 Å². The number of ether oxygens (including phenoxy) is 1. The fraction of sp³-hybridized carbons (Fsp3) is 0.0714.